The number of aliphatic carboxylic acids is 2. The zero-order chi connectivity index (χ0) is 34.8. The molecule has 4 aromatic rings. The molecule has 17 heteroatoms. The Kier molecular flexibility index (Phi) is 12.8. The van der Waals surface area contributed by atoms with E-state index in [9.17, 15) is 35.9 Å². The van der Waals surface area contributed by atoms with Gasteiger partial charge < -0.3 is 26.2 Å². The van der Waals surface area contributed by atoms with Crippen LogP contribution in [0.3, 0.4) is 0 Å². The maximum Gasteiger partial charge on any atom is 0.490 e. The van der Waals surface area contributed by atoms with Gasteiger partial charge in [-0.2, -0.15) is 26.3 Å². The van der Waals surface area contributed by atoms with Gasteiger partial charge in [0.1, 0.15) is 6.04 Å². The quantitative estimate of drug-likeness (QED) is 0.148. The number of alkyl halides is 6. The maximum atomic E-state index is 13.5. The van der Waals surface area contributed by atoms with Crippen LogP contribution in [0.25, 0.3) is 10.2 Å². The van der Waals surface area contributed by atoms with E-state index < -0.39 is 30.3 Å². The SMILES string of the molecule is CN(C)c1ccc(C(=O)NC(C(=O)c2nc3ccccc3s2)c2ccc(CN)cc2)cc1.O=C(O)C(F)(F)F.O=C(O)C(F)(F)F. The number of anilines is 1. The van der Waals surface area contributed by atoms with Crippen LogP contribution in [0.15, 0.2) is 72.8 Å². The van der Waals surface area contributed by atoms with Crippen molar-refractivity contribution in [3.63, 3.8) is 0 Å². The van der Waals surface area contributed by atoms with E-state index in [0.717, 1.165) is 21.5 Å². The fourth-order valence-corrected chi connectivity index (χ4v) is 4.31. The van der Waals surface area contributed by atoms with Gasteiger partial charge in [-0.3, -0.25) is 9.59 Å². The molecule has 0 saturated heterocycles. The molecule has 1 heterocycles. The molecule has 0 radical (unpaired) electrons. The second-order valence-corrected chi connectivity index (χ2v) is 10.3. The molecule has 246 valence electrons. The van der Waals surface area contributed by atoms with E-state index in [1.54, 1.807) is 12.1 Å². The number of hydrogen-bond donors (Lipinski definition) is 4. The summed E-state index contributed by atoms with van der Waals surface area (Å²) in [5.74, 6) is -6.08. The van der Waals surface area contributed by atoms with Crippen molar-refractivity contribution in [1.29, 1.82) is 0 Å². The van der Waals surface area contributed by atoms with Gasteiger partial charge in [0.2, 0.25) is 5.78 Å². The van der Waals surface area contributed by atoms with Crippen LogP contribution in [-0.2, 0) is 16.1 Å². The number of carbonyl (C=O) groups is 4. The summed E-state index contributed by atoms with van der Waals surface area (Å²) in [5, 5.41) is 17.5. The highest BCUT2D eigenvalue weighted by atomic mass is 32.1. The predicted octanol–water partition coefficient (Wildman–Crippen LogP) is 5.44. The Bertz CT molecular complexity index is 1600. The second kappa shape index (κ2) is 15.8. The molecular weight excluding hydrogens is 646 g/mol. The number of para-hydroxylation sites is 1. The Morgan fingerprint density at radius 1 is 0.848 bits per heavy atom. The van der Waals surface area contributed by atoms with E-state index in [1.807, 2.05) is 79.7 Å². The standard InChI is InChI=1S/C25H24N4O2S.2C2HF3O2/c1-29(2)19-13-11-18(12-14-19)24(31)28-22(17-9-7-16(15-26)8-10-17)23(30)25-27-20-5-3-4-6-21(20)32-25;2*3-2(4,5)1(6)7/h3-14,22H,15,26H2,1-2H3,(H,28,31);2*(H,6,7). The van der Waals surface area contributed by atoms with Crippen molar-refractivity contribution in [1.82, 2.24) is 10.3 Å². The number of nitrogens with two attached hydrogens (primary N) is 1. The molecule has 0 fully saturated rings. The number of carboxylic acid groups (broad SMARTS) is 2. The summed E-state index contributed by atoms with van der Waals surface area (Å²) in [6.07, 6.45) is -10.2. The highest BCUT2D eigenvalue weighted by Crippen LogP contribution is 2.27. The summed E-state index contributed by atoms with van der Waals surface area (Å²) in [6, 6.07) is 21.4. The van der Waals surface area contributed by atoms with Crippen LogP contribution in [-0.4, -0.2) is 65.3 Å². The minimum atomic E-state index is -5.08. The molecule has 0 saturated carbocycles. The van der Waals surface area contributed by atoms with Gasteiger partial charge in [0, 0.05) is 31.9 Å². The van der Waals surface area contributed by atoms with Crippen LogP contribution in [0.4, 0.5) is 32.0 Å². The van der Waals surface area contributed by atoms with E-state index >= 15 is 0 Å². The third-order valence-electron chi connectivity index (χ3n) is 5.72. The molecule has 0 aliphatic carbocycles. The summed E-state index contributed by atoms with van der Waals surface area (Å²) in [4.78, 5) is 50.8. The molecule has 0 bridgehead atoms. The van der Waals surface area contributed by atoms with Crippen molar-refractivity contribution < 1.29 is 55.7 Å². The molecule has 0 spiro atoms. The number of carbonyl (C=O) groups excluding carboxylic acids is 2. The van der Waals surface area contributed by atoms with Gasteiger partial charge in [0.15, 0.2) is 5.01 Å². The average molecular weight is 673 g/mol. The van der Waals surface area contributed by atoms with Gasteiger partial charge in [-0.25, -0.2) is 14.6 Å². The van der Waals surface area contributed by atoms with Crippen molar-refractivity contribution >= 4 is 50.9 Å². The first-order valence-corrected chi connectivity index (χ1v) is 13.5. The molecule has 1 aromatic heterocycles. The van der Waals surface area contributed by atoms with E-state index in [-0.39, 0.29) is 11.7 Å². The Hall–Kier alpha value is -5.03. The fraction of sp³-hybridized carbons (Fsp3) is 0.207. The van der Waals surface area contributed by atoms with Crippen LogP contribution in [0.1, 0.15) is 37.3 Å². The summed E-state index contributed by atoms with van der Waals surface area (Å²) >= 11 is 1.33. The van der Waals surface area contributed by atoms with Crippen molar-refractivity contribution in [2.24, 2.45) is 5.73 Å². The van der Waals surface area contributed by atoms with Crippen LogP contribution < -0.4 is 16.0 Å². The lowest BCUT2D eigenvalue weighted by Crippen LogP contribution is -2.34. The lowest BCUT2D eigenvalue weighted by atomic mass is 10.0. The van der Waals surface area contributed by atoms with Crippen LogP contribution in [0.2, 0.25) is 0 Å². The maximum absolute atomic E-state index is 13.5. The Balaban J connectivity index is 0.000000440. The molecular formula is C29H26F6N4O6S. The monoisotopic (exact) mass is 672 g/mol. The molecule has 4 rings (SSSR count). The molecule has 1 unspecified atom stereocenters. The topological polar surface area (TPSA) is 163 Å². The van der Waals surface area contributed by atoms with Gasteiger partial charge >= 0.3 is 24.3 Å². The normalized spacial score (nSPS) is 11.7. The second-order valence-electron chi connectivity index (χ2n) is 9.25. The number of halogens is 6. The minimum Gasteiger partial charge on any atom is -0.475 e. The number of Topliss-reactive ketones (excluding diaryl/α,β-unsaturated/α-hetero) is 1. The van der Waals surface area contributed by atoms with Crippen LogP contribution >= 0.6 is 11.3 Å². The number of thiazole rings is 1. The van der Waals surface area contributed by atoms with Crippen LogP contribution in [0, 0.1) is 0 Å². The number of hydrogen-bond acceptors (Lipinski definition) is 8. The number of benzene rings is 3. The lowest BCUT2D eigenvalue weighted by molar-refractivity contribution is -0.193. The van der Waals surface area contributed by atoms with E-state index in [4.69, 9.17) is 25.5 Å². The molecule has 10 nitrogen and oxygen atoms in total. The number of carboxylic acids is 2. The molecule has 46 heavy (non-hydrogen) atoms. The number of ketones is 1. The highest BCUT2D eigenvalue weighted by Gasteiger charge is 2.39. The third-order valence-corrected chi connectivity index (χ3v) is 6.77. The molecule has 3 aromatic carbocycles. The number of rotatable bonds is 7. The Morgan fingerprint density at radius 2 is 1.35 bits per heavy atom. The lowest BCUT2D eigenvalue weighted by Gasteiger charge is -2.18. The molecule has 5 N–H and O–H groups in total. The zero-order valence-electron chi connectivity index (χ0n) is 23.9. The van der Waals surface area contributed by atoms with Gasteiger partial charge in [-0.05, 0) is 47.5 Å². The largest absolute Gasteiger partial charge is 0.490 e. The molecule has 1 atom stereocenters. The summed E-state index contributed by atoms with van der Waals surface area (Å²) < 4.78 is 64.4. The molecule has 0 aliphatic heterocycles. The number of nitrogens with one attached hydrogen (secondary N) is 1. The fourth-order valence-electron chi connectivity index (χ4n) is 3.37. The van der Waals surface area contributed by atoms with Crippen LogP contribution in [0.5, 0.6) is 0 Å². The first-order valence-electron chi connectivity index (χ1n) is 12.7. The smallest absolute Gasteiger partial charge is 0.475 e. The third kappa shape index (κ3) is 10.8. The van der Waals surface area contributed by atoms with Gasteiger partial charge in [-0.1, -0.05) is 36.4 Å². The van der Waals surface area contributed by atoms with Crippen molar-refractivity contribution in [2.45, 2.75) is 24.9 Å². The first kappa shape index (κ1) is 37.2. The molecule has 1 amide bonds. The predicted molar refractivity (Wildman–Crippen MR) is 157 cm³/mol. The van der Waals surface area contributed by atoms with Gasteiger partial charge in [-0.15, -0.1) is 11.3 Å². The van der Waals surface area contributed by atoms with E-state index in [2.05, 4.69) is 10.3 Å². The number of aromatic nitrogens is 1. The van der Waals surface area contributed by atoms with E-state index in [0.29, 0.717) is 22.7 Å². The van der Waals surface area contributed by atoms with Crippen molar-refractivity contribution in [2.75, 3.05) is 19.0 Å². The summed E-state index contributed by atoms with van der Waals surface area (Å²) in [7, 11) is 3.87. The summed E-state index contributed by atoms with van der Waals surface area (Å²) in [5.41, 5.74) is 9.58. The minimum absolute atomic E-state index is 0.245. The number of fused-ring (bicyclic) bond motifs is 1. The average Bonchev–Trinajstić information content (AvgIpc) is 3.44. The Labute approximate surface area is 261 Å². The zero-order valence-corrected chi connectivity index (χ0v) is 24.7. The van der Waals surface area contributed by atoms with Crippen molar-refractivity contribution in [3.05, 3.63) is 94.5 Å². The van der Waals surface area contributed by atoms with E-state index in [1.165, 1.54) is 11.3 Å². The Morgan fingerprint density at radius 3 is 1.78 bits per heavy atom. The summed E-state index contributed by atoms with van der Waals surface area (Å²) in [6.45, 7) is 0.404. The number of nitrogens with zero attached hydrogens (tertiary/aromatic N) is 2. The first-order chi connectivity index (χ1) is 21.3. The highest BCUT2D eigenvalue weighted by molar-refractivity contribution is 7.20. The van der Waals surface area contributed by atoms with Crippen molar-refractivity contribution in [3.8, 4) is 0 Å². The molecule has 0 aliphatic rings. The van der Waals surface area contributed by atoms with Gasteiger partial charge in [0.25, 0.3) is 5.91 Å². The number of amides is 1. The van der Waals surface area contributed by atoms with Gasteiger partial charge in [0.05, 0.1) is 10.2 Å².